The maximum absolute atomic E-state index is 12.6. The number of nitrogens with zero attached hydrogens (tertiary/aromatic N) is 1. The van der Waals surface area contributed by atoms with Gasteiger partial charge >= 0.3 is 6.61 Å². The Morgan fingerprint density at radius 1 is 1.44 bits per heavy atom. The second-order valence-electron chi connectivity index (χ2n) is 5.25. The number of benzene rings is 1. The third-order valence-corrected chi connectivity index (χ3v) is 6.37. The summed E-state index contributed by atoms with van der Waals surface area (Å²) in [6.45, 7) is -3.00. The lowest BCUT2D eigenvalue weighted by Crippen LogP contribution is -2.22. The van der Waals surface area contributed by atoms with Crippen molar-refractivity contribution in [2.75, 3.05) is 0 Å². The molecule has 0 radical (unpaired) electrons. The first-order valence-electron chi connectivity index (χ1n) is 7.21. The molecular formula is C16H10BrClF2N2O2S. The molecule has 3 rings (SSSR count). The van der Waals surface area contributed by atoms with Gasteiger partial charge in [0.15, 0.2) is 0 Å². The van der Waals surface area contributed by atoms with Gasteiger partial charge in [-0.15, -0.1) is 11.3 Å². The number of carbonyl (C=O) groups excluding carboxylic acids is 1. The molecule has 1 aromatic carbocycles. The number of amides is 1. The molecule has 0 fully saturated rings. The van der Waals surface area contributed by atoms with E-state index in [9.17, 15) is 13.6 Å². The molecule has 2 aromatic rings. The van der Waals surface area contributed by atoms with Crippen LogP contribution in [0.1, 0.15) is 28.9 Å². The van der Waals surface area contributed by atoms with E-state index in [1.165, 1.54) is 6.07 Å². The summed E-state index contributed by atoms with van der Waals surface area (Å²) in [4.78, 5) is 12.7. The largest absolute Gasteiger partial charge is 0.434 e. The predicted molar refractivity (Wildman–Crippen MR) is 95.1 cm³/mol. The molecule has 1 amide bonds. The van der Waals surface area contributed by atoms with E-state index in [2.05, 4.69) is 32.1 Å². The molecule has 1 heterocycles. The third kappa shape index (κ3) is 3.50. The zero-order chi connectivity index (χ0) is 18.1. The van der Waals surface area contributed by atoms with E-state index in [1.807, 2.05) is 0 Å². The van der Waals surface area contributed by atoms with E-state index in [1.54, 1.807) is 6.07 Å². The van der Waals surface area contributed by atoms with Crippen molar-refractivity contribution >= 4 is 54.9 Å². The smallest absolute Gasteiger partial charge is 0.387 e. The second kappa shape index (κ2) is 7.28. The molecule has 0 saturated heterocycles. The zero-order valence-corrected chi connectivity index (χ0v) is 15.7. The minimum absolute atomic E-state index is 0.0477. The van der Waals surface area contributed by atoms with Gasteiger partial charge in [-0.2, -0.15) is 14.0 Å². The number of ether oxygens (including phenoxy) is 1. The van der Waals surface area contributed by atoms with Crippen molar-refractivity contribution in [2.45, 2.75) is 25.9 Å². The van der Waals surface area contributed by atoms with Crippen LogP contribution in [0, 0.1) is 11.3 Å². The molecule has 1 aliphatic rings. The summed E-state index contributed by atoms with van der Waals surface area (Å²) >= 11 is 10.7. The average Bonchev–Trinajstić information content (AvgIpc) is 3.14. The predicted octanol–water partition coefficient (Wildman–Crippen LogP) is 5.61. The molecule has 0 unspecified atom stereocenters. The third-order valence-electron chi connectivity index (χ3n) is 3.73. The highest BCUT2D eigenvalue weighted by Crippen LogP contribution is 2.44. The first-order valence-corrected chi connectivity index (χ1v) is 9.20. The van der Waals surface area contributed by atoms with Gasteiger partial charge in [0.2, 0.25) is 0 Å². The quantitative estimate of drug-likeness (QED) is 0.662. The van der Waals surface area contributed by atoms with Gasteiger partial charge in [0.05, 0.1) is 21.2 Å². The monoisotopic (exact) mass is 446 g/mol. The Labute approximate surface area is 159 Å². The molecule has 130 valence electrons. The number of thiophene rings is 1. The van der Waals surface area contributed by atoms with Crippen LogP contribution in [-0.2, 0) is 0 Å². The molecule has 25 heavy (non-hydrogen) atoms. The van der Waals surface area contributed by atoms with Crippen molar-refractivity contribution in [3.63, 3.8) is 0 Å². The van der Waals surface area contributed by atoms with Crippen LogP contribution in [-0.4, -0.2) is 12.5 Å². The van der Waals surface area contributed by atoms with Crippen molar-refractivity contribution in [1.82, 2.24) is 5.32 Å². The Kier molecular flexibility index (Phi) is 5.27. The number of fused-ring (bicyclic) bond motifs is 1. The maximum atomic E-state index is 12.6. The molecule has 1 aliphatic carbocycles. The topological polar surface area (TPSA) is 62.1 Å². The fraction of sp³-hybridized carbons (Fsp3) is 0.250. The van der Waals surface area contributed by atoms with E-state index in [0.29, 0.717) is 33.3 Å². The van der Waals surface area contributed by atoms with Gasteiger partial charge in [0, 0.05) is 15.7 Å². The van der Waals surface area contributed by atoms with Gasteiger partial charge in [-0.3, -0.25) is 4.79 Å². The van der Waals surface area contributed by atoms with Crippen molar-refractivity contribution in [2.24, 2.45) is 0 Å². The summed E-state index contributed by atoms with van der Waals surface area (Å²) in [7, 11) is 0. The summed E-state index contributed by atoms with van der Waals surface area (Å²) in [6.07, 6.45) is 2.04. The van der Waals surface area contributed by atoms with Crippen LogP contribution in [0.3, 0.4) is 0 Å². The average molecular weight is 448 g/mol. The summed E-state index contributed by atoms with van der Waals surface area (Å²) in [5.41, 5.74) is 1.14. The van der Waals surface area contributed by atoms with Gasteiger partial charge in [0.1, 0.15) is 10.6 Å². The number of halogens is 4. The number of hydrogen-bond acceptors (Lipinski definition) is 4. The van der Waals surface area contributed by atoms with E-state index in [-0.39, 0.29) is 21.0 Å². The van der Waals surface area contributed by atoms with E-state index in [0.717, 1.165) is 17.8 Å². The second-order valence-corrected chi connectivity index (χ2v) is 7.50. The van der Waals surface area contributed by atoms with Crippen LogP contribution in [0.2, 0.25) is 5.02 Å². The fourth-order valence-electron chi connectivity index (χ4n) is 2.65. The maximum Gasteiger partial charge on any atom is 0.387 e. The summed E-state index contributed by atoms with van der Waals surface area (Å²) in [6, 6.07) is 5.00. The van der Waals surface area contributed by atoms with Crippen LogP contribution in [0.5, 0.6) is 5.75 Å². The van der Waals surface area contributed by atoms with Crippen molar-refractivity contribution < 1.29 is 18.3 Å². The Balaban J connectivity index is 2.03. The normalized spacial score (nSPS) is 14.2. The highest BCUT2D eigenvalue weighted by molar-refractivity contribution is 9.10. The minimum Gasteiger partial charge on any atom is -0.434 e. The molecule has 0 bridgehead atoms. The molecule has 0 saturated carbocycles. The number of carbonyl (C=O) groups is 1. The van der Waals surface area contributed by atoms with Gasteiger partial charge in [-0.05, 0) is 47.3 Å². The first-order chi connectivity index (χ1) is 11.9. The Hall–Kier alpha value is -1.69. The number of nitriles is 1. The summed E-state index contributed by atoms with van der Waals surface area (Å²) < 4.78 is 30.9. The van der Waals surface area contributed by atoms with E-state index < -0.39 is 12.5 Å². The van der Waals surface area contributed by atoms with Crippen molar-refractivity contribution in [3.05, 3.63) is 37.8 Å². The van der Waals surface area contributed by atoms with Crippen LogP contribution in [0.15, 0.2) is 27.9 Å². The molecular weight excluding hydrogens is 438 g/mol. The minimum atomic E-state index is -3.00. The lowest BCUT2D eigenvalue weighted by molar-refractivity contribution is -0.0487. The number of nitrogens with one attached hydrogen (secondary N) is 1. The van der Waals surface area contributed by atoms with Gasteiger partial charge in [-0.25, -0.2) is 0 Å². The van der Waals surface area contributed by atoms with Crippen LogP contribution < -0.4 is 10.1 Å². The molecule has 1 N–H and O–H groups in total. The molecule has 1 aromatic heterocycles. The first kappa shape index (κ1) is 18.1. The number of allylic oxidation sites excluding steroid dienone is 2. The van der Waals surface area contributed by atoms with Gasteiger partial charge in [-0.1, -0.05) is 11.6 Å². The summed E-state index contributed by atoms with van der Waals surface area (Å²) in [5.74, 6) is -0.558. The summed E-state index contributed by atoms with van der Waals surface area (Å²) in [5, 5.41) is 12.1. The number of hydrogen-bond donors (Lipinski definition) is 1. The fourth-order valence-corrected chi connectivity index (χ4v) is 4.67. The van der Waals surface area contributed by atoms with E-state index in [4.69, 9.17) is 16.9 Å². The van der Waals surface area contributed by atoms with Gasteiger partial charge in [0.25, 0.3) is 5.91 Å². The Morgan fingerprint density at radius 2 is 2.20 bits per heavy atom. The van der Waals surface area contributed by atoms with E-state index >= 15 is 0 Å². The van der Waals surface area contributed by atoms with Crippen molar-refractivity contribution in [1.29, 1.82) is 5.26 Å². The molecule has 0 atom stereocenters. The van der Waals surface area contributed by atoms with Crippen LogP contribution in [0.25, 0.3) is 10.1 Å². The lowest BCUT2D eigenvalue weighted by atomic mass is 10.2. The number of alkyl halides is 2. The zero-order valence-electron chi connectivity index (χ0n) is 12.5. The van der Waals surface area contributed by atoms with Crippen LogP contribution >= 0.6 is 38.9 Å². The lowest BCUT2D eigenvalue weighted by Gasteiger charge is -2.07. The van der Waals surface area contributed by atoms with Crippen molar-refractivity contribution in [3.8, 4) is 11.8 Å². The highest BCUT2D eigenvalue weighted by atomic mass is 79.9. The molecule has 0 aliphatic heterocycles. The SMILES string of the molecule is N#CC1=C(NC(=O)c2sc3c(Br)ccc(OC(F)F)c3c2Cl)CCC1. The Bertz CT molecular complexity index is 936. The highest BCUT2D eigenvalue weighted by Gasteiger charge is 2.24. The molecule has 4 nitrogen and oxygen atoms in total. The number of rotatable bonds is 4. The Morgan fingerprint density at radius 3 is 2.88 bits per heavy atom. The standard InChI is InChI=1S/C16H10BrClF2N2O2S/c17-8-4-5-10(24-16(19)20)11-12(18)14(25-13(8)11)15(23)22-9-3-1-2-7(9)6-21/h4-5,16H,1-3H2,(H,22,23). The van der Waals surface area contributed by atoms with Gasteiger partial charge < -0.3 is 10.1 Å². The van der Waals surface area contributed by atoms with Crippen LogP contribution in [0.4, 0.5) is 8.78 Å². The molecule has 0 spiro atoms. The molecule has 9 heteroatoms.